The number of ether oxygens (including phenoxy) is 2. The Morgan fingerprint density at radius 2 is 2.06 bits per heavy atom. The molecule has 164 valence electrons. The van der Waals surface area contributed by atoms with E-state index in [9.17, 15) is 18.7 Å². The van der Waals surface area contributed by atoms with Gasteiger partial charge in [0.15, 0.2) is 0 Å². The van der Waals surface area contributed by atoms with Crippen molar-refractivity contribution in [1.29, 1.82) is 0 Å². The monoisotopic (exact) mass is 431 g/mol. The Labute approximate surface area is 177 Å². The third-order valence-corrected chi connectivity index (χ3v) is 6.80. The lowest BCUT2D eigenvalue weighted by molar-refractivity contribution is -0.198. The first-order chi connectivity index (χ1) is 14.8. The molecule has 1 aromatic heterocycles. The molecule has 2 N–H and O–H groups in total. The van der Waals surface area contributed by atoms with Crippen molar-refractivity contribution < 1.29 is 28.2 Å². The van der Waals surface area contributed by atoms with Crippen LogP contribution in [0.4, 0.5) is 8.78 Å². The number of benzene rings is 1. The number of aromatic nitrogens is 2. The van der Waals surface area contributed by atoms with Gasteiger partial charge in [-0.1, -0.05) is 13.0 Å². The molecule has 1 saturated heterocycles. The summed E-state index contributed by atoms with van der Waals surface area (Å²) in [5, 5.41) is 21.1. The summed E-state index contributed by atoms with van der Waals surface area (Å²) in [5.41, 5.74) is -0.343. The Kier molecular flexibility index (Phi) is 4.80. The van der Waals surface area contributed by atoms with E-state index in [4.69, 9.17) is 9.47 Å². The van der Waals surface area contributed by atoms with Crippen molar-refractivity contribution in [2.24, 2.45) is 11.8 Å². The molecule has 2 bridgehead atoms. The summed E-state index contributed by atoms with van der Waals surface area (Å²) < 4.78 is 39.4. The number of carbonyl (C=O) groups is 1. The van der Waals surface area contributed by atoms with E-state index in [1.807, 2.05) is 0 Å². The van der Waals surface area contributed by atoms with Crippen LogP contribution in [0.5, 0.6) is 0 Å². The Balaban J connectivity index is 1.35. The Morgan fingerprint density at radius 3 is 2.71 bits per heavy atom. The summed E-state index contributed by atoms with van der Waals surface area (Å²) in [5.74, 6) is -1.24. The molecule has 1 aliphatic heterocycles. The highest BCUT2D eigenvalue weighted by atomic mass is 19.1. The lowest BCUT2D eigenvalue weighted by Crippen LogP contribution is -2.59. The number of aliphatic hydroxyl groups is 1. The van der Waals surface area contributed by atoms with Crippen molar-refractivity contribution in [3.05, 3.63) is 47.2 Å². The number of nitrogens with one attached hydrogen (secondary N) is 1. The van der Waals surface area contributed by atoms with Gasteiger partial charge >= 0.3 is 0 Å². The molecule has 31 heavy (non-hydrogen) atoms. The lowest BCUT2D eigenvalue weighted by Gasteiger charge is -2.56. The molecule has 0 radical (unpaired) electrons. The maximum Gasteiger partial charge on any atom is 0.246 e. The summed E-state index contributed by atoms with van der Waals surface area (Å²) in [6.45, 7) is 2.37. The van der Waals surface area contributed by atoms with Crippen molar-refractivity contribution >= 4 is 5.91 Å². The summed E-state index contributed by atoms with van der Waals surface area (Å²) >= 11 is 0. The number of nitrogens with zero attached hydrogens (tertiary/aromatic N) is 2. The minimum atomic E-state index is -1.01. The Morgan fingerprint density at radius 1 is 1.32 bits per heavy atom. The second kappa shape index (κ2) is 7.29. The van der Waals surface area contributed by atoms with Crippen LogP contribution in [0.25, 0.3) is 11.3 Å². The van der Waals surface area contributed by atoms with E-state index in [0.717, 1.165) is 12.0 Å². The van der Waals surface area contributed by atoms with Crippen LogP contribution in [0.1, 0.15) is 24.6 Å². The minimum Gasteiger partial charge on any atom is -0.383 e. The standard InChI is InChI=1S/C22H23F2N3O4/c1-12-14-5-13-6-17(19-15(23)3-2-4-16(19)24)26-27-20(13)22(12,7-14)31-8-18(28)25-9-21(29)10-30-11-21/h2-4,6,12,14,29H,5,7-11H2,1H3,(H,25,28)/t12?,14?,22-/m1/s1. The van der Waals surface area contributed by atoms with Crippen LogP contribution in [0.15, 0.2) is 24.3 Å². The summed E-state index contributed by atoms with van der Waals surface area (Å²) in [6, 6.07) is 5.36. The highest BCUT2D eigenvalue weighted by Crippen LogP contribution is 2.58. The molecule has 7 nitrogen and oxygen atoms in total. The van der Waals surface area contributed by atoms with Gasteiger partial charge in [-0.3, -0.25) is 4.79 Å². The van der Waals surface area contributed by atoms with E-state index < -0.39 is 22.8 Å². The van der Waals surface area contributed by atoms with Gasteiger partial charge in [-0.2, -0.15) is 5.10 Å². The van der Waals surface area contributed by atoms with E-state index >= 15 is 0 Å². The molecule has 1 amide bonds. The zero-order valence-corrected chi connectivity index (χ0v) is 17.0. The highest BCUT2D eigenvalue weighted by Gasteiger charge is 2.59. The molecule has 6 rings (SSSR count). The van der Waals surface area contributed by atoms with Crippen LogP contribution in [-0.4, -0.2) is 53.2 Å². The maximum absolute atomic E-state index is 14.2. The lowest BCUT2D eigenvalue weighted by atomic mass is 9.54. The van der Waals surface area contributed by atoms with Gasteiger partial charge in [-0.05, 0) is 48.4 Å². The molecule has 1 saturated carbocycles. The van der Waals surface area contributed by atoms with Crippen LogP contribution in [0, 0.1) is 23.5 Å². The van der Waals surface area contributed by atoms with E-state index in [1.165, 1.54) is 18.2 Å². The first kappa shape index (κ1) is 20.4. The van der Waals surface area contributed by atoms with Gasteiger partial charge in [0, 0.05) is 0 Å². The van der Waals surface area contributed by atoms with Crippen LogP contribution >= 0.6 is 0 Å². The maximum atomic E-state index is 14.2. The smallest absolute Gasteiger partial charge is 0.246 e. The van der Waals surface area contributed by atoms with Crippen molar-refractivity contribution in [2.45, 2.75) is 31.0 Å². The zero-order valence-electron chi connectivity index (χ0n) is 17.0. The molecule has 2 aromatic rings. The van der Waals surface area contributed by atoms with Gasteiger partial charge in [0.25, 0.3) is 0 Å². The molecule has 2 fully saturated rings. The van der Waals surface area contributed by atoms with E-state index in [0.29, 0.717) is 18.0 Å². The SMILES string of the molecule is CC1C2Cc3cc(-c4c(F)cccc4F)nnc3[C@@]1(OCC(=O)NCC1(O)COC1)C2. The van der Waals surface area contributed by atoms with Crippen LogP contribution < -0.4 is 5.32 Å². The summed E-state index contributed by atoms with van der Waals surface area (Å²) in [6.07, 6.45) is 1.44. The zero-order chi connectivity index (χ0) is 21.8. The van der Waals surface area contributed by atoms with Gasteiger partial charge < -0.3 is 19.9 Å². The molecule has 3 aliphatic carbocycles. The summed E-state index contributed by atoms with van der Waals surface area (Å²) in [4.78, 5) is 12.3. The second-order valence-corrected chi connectivity index (χ2v) is 8.83. The number of amides is 1. The molecule has 1 aromatic carbocycles. The summed E-state index contributed by atoms with van der Waals surface area (Å²) in [7, 11) is 0. The average Bonchev–Trinajstić information content (AvgIpc) is 2.73. The van der Waals surface area contributed by atoms with Crippen molar-refractivity contribution in [3.63, 3.8) is 0 Å². The van der Waals surface area contributed by atoms with Gasteiger partial charge in [0.1, 0.15) is 29.4 Å². The van der Waals surface area contributed by atoms with Crippen LogP contribution in [-0.2, 0) is 26.3 Å². The first-order valence-electron chi connectivity index (χ1n) is 10.3. The number of hydrogen-bond acceptors (Lipinski definition) is 6. The average molecular weight is 431 g/mol. The molecule has 9 heteroatoms. The number of carbonyl (C=O) groups excluding carboxylic acids is 1. The predicted octanol–water partition coefficient (Wildman–Crippen LogP) is 1.72. The van der Waals surface area contributed by atoms with Crippen molar-refractivity contribution in [2.75, 3.05) is 26.4 Å². The van der Waals surface area contributed by atoms with E-state index in [2.05, 4.69) is 22.4 Å². The van der Waals surface area contributed by atoms with E-state index in [1.54, 1.807) is 6.07 Å². The number of rotatable bonds is 6. The number of hydrogen-bond donors (Lipinski definition) is 2. The quantitative estimate of drug-likeness (QED) is 0.724. The Bertz CT molecular complexity index is 1030. The highest BCUT2D eigenvalue weighted by molar-refractivity contribution is 5.77. The Hall–Kier alpha value is -2.49. The first-order valence-corrected chi connectivity index (χ1v) is 10.3. The molecule has 2 unspecified atom stereocenters. The second-order valence-electron chi connectivity index (χ2n) is 8.83. The predicted molar refractivity (Wildman–Crippen MR) is 105 cm³/mol. The molecular formula is C22H23F2N3O4. The topological polar surface area (TPSA) is 93.6 Å². The normalized spacial score (nSPS) is 27.6. The van der Waals surface area contributed by atoms with Gasteiger partial charge in [0.05, 0.1) is 36.7 Å². The van der Waals surface area contributed by atoms with Gasteiger partial charge in [0.2, 0.25) is 5.91 Å². The van der Waals surface area contributed by atoms with E-state index in [-0.39, 0.29) is 49.4 Å². The molecule has 2 heterocycles. The van der Waals surface area contributed by atoms with Gasteiger partial charge in [-0.15, -0.1) is 5.10 Å². The molecule has 0 spiro atoms. The number of halogens is 2. The van der Waals surface area contributed by atoms with Crippen LogP contribution in [0.3, 0.4) is 0 Å². The minimum absolute atomic E-state index is 0.105. The van der Waals surface area contributed by atoms with Crippen molar-refractivity contribution in [3.8, 4) is 11.3 Å². The fourth-order valence-corrected chi connectivity index (χ4v) is 4.83. The van der Waals surface area contributed by atoms with Crippen molar-refractivity contribution in [1.82, 2.24) is 15.5 Å². The molecule has 3 atom stereocenters. The third-order valence-electron chi connectivity index (χ3n) is 6.80. The third kappa shape index (κ3) is 3.31. The van der Waals surface area contributed by atoms with Crippen LogP contribution in [0.2, 0.25) is 0 Å². The molecular weight excluding hydrogens is 408 g/mol. The molecule has 4 aliphatic rings. The largest absolute Gasteiger partial charge is 0.383 e. The fraction of sp³-hybridized carbons (Fsp3) is 0.500. The van der Waals surface area contributed by atoms with Gasteiger partial charge in [-0.25, -0.2) is 8.78 Å². The fourth-order valence-electron chi connectivity index (χ4n) is 4.83.